The fraction of sp³-hybridized carbons (Fsp3) is 0.100. The Morgan fingerprint density at radius 1 is 1.20 bits per heavy atom. The molecule has 2 aromatic rings. The lowest BCUT2D eigenvalue weighted by molar-refractivity contribution is -0.152. The summed E-state index contributed by atoms with van der Waals surface area (Å²) >= 11 is 0. The summed E-state index contributed by atoms with van der Waals surface area (Å²) in [6, 6.07) is 6.89. The van der Waals surface area contributed by atoms with Crippen LogP contribution in [0.5, 0.6) is 0 Å². The standard InChI is InChI=1S/C10H4F3NO/c11-10(12,13)9-4-7-2-1-6(5-14)3-8(7)15-9/h1-4H. The fourth-order valence-corrected chi connectivity index (χ4v) is 1.24. The number of fused-ring (bicyclic) bond motifs is 1. The van der Waals surface area contributed by atoms with E-state index in [1.807, 2.05) is 6.07 Å². The molecule has 2 rings (SSSR count). The van der Waals surface area contributed by atoms with Crippen LogP contribution in [0.25, 0.3) is 11.0 Å². The molecule has 0 amide bonds. The highest BCUT2D eigenvalue weighted by Gasteiger charge is 2.35. The molecule has 76 valence electrons. The Labute approximate surface area is 82.5 Å². The van der Waals surface area contributed by atoms with Gasteiger partial charge in [0.2, 0.25) is 5.76 Å². The van der Waals surface area contributed by atoms with Gasteiger partial charge in [0, 0.05) is 5.39 Å². The number of hydrogen-bond acceptors (Lipinski definition) is 2. The Morgan fingerprint density at radius 3 is 2.53 bits per heavy atom. The maximum Gasteiger partial charge on any atom is 0.449 e. The molecule has 15 heavy (non-hydrogen) atoms. The van der Waals surface area contributed by atoms with Gasteiger partial charge in [-0.15, -0.1) is 0 Å². The first-order valence-electron chi connectivity index (χ1n) is 4.01. The smallest absolute Gasteiger partial charge is 0.449 e. The summed E-state index contributed by atoms with van der Waals surface area (Å²) in [6.45, 7) is 0. The van der Waals surface area contributed by atoms with E-state index in [2.05, 4.69) is 4.42 Å². The van der Waals surface area contributed by atoms with Crippen LogP contribution in [-0.4, -0.2) is 0 Å². The molecule has 5 heteroatoms. The normalized spacial score (nSPS) is 11.6. The number of nitrogens with zero attached hydrogens (tertiary/aromatic N) is 1. The molecule has 1 aromatic carbocycles. The Bertz CT molecular complexity index is 548. The van der Waals surface area contributed by atoms with Crippen molar-refractivity contribution in [1.82, 2.24) is 0 Å². The quantitative estimate of drug-likeness (QED) is 0.670. The highest BCUT2D eigenvalue weighted by atomic mass is 19.4. The molecule has 1 heterocycles. The molecule has 2 nitrogen and oxygen atoms in total. The number of alkyl halides is 3. The predicted octanol–water partition coefficient (Wildman–Crippen LogP) is 3.32. The van der Waals surface area contributed by atoms with Crippen molar-refractivity contribution in [2.45, 2.75) is 6.18 Å². The molecule has 0 radical (unpaired) electrons. The van der Waals surface area contributed by atoms with Crippen LogP contribution >= 0.6 is 0 Å². The first-order valence-corrected chi connectivity index (χ1v) is 4.01. The van der Waals surface area contributed by atoms with Crippen LogP contribution in [0.15, 0.2) is 28.7 Å². The van der Waals surface area contributed by atoms with E-state index in [1.54, 1.807) is 0 Å². The molecule has 0 spiro atoms. The summed E-state index contributed by atoms with van der Waals surface area (Å²) in [5, 5.41) is 8.88. The number of halogens is 3. The van der Waals surface area contributed by atoms with E-state index >= 15 is 0 Å². The molecule has 0 N–H and O–H groups in total. The average Bonchev–Trinajstić information content (AvgIpc) is 2.59. The summed E-state index contributed by atoms with van der Waals surface area (Å²) in [7, 11) is 0. The van der Waals surface area contributed by atoms with E-state index in [9.17, 15) is 13.2 Å². The molecule has 0 unspecified atom stereocenters. The van der Waals surface area contributed by atoms with Gasteiger partial charge in [0.25, 0.3) is 0 Å². The number of hydrogen-bond donors (Lipinski definition) is 0. The third-order valence-corrected chi connectivity index (χ3v) is 1.93. The highest BCUT2D eigenvalue weighted by molar-refractivity contribution is 5.79. The Hall–Kier alpha value is -1.96. The Kier molecular flexibility index (Phi) is 1.93. The molecular formula is C10H4F3NO. The van der Waals surface area contributed by atoms with Crippen LogP contribution in [0.1, 0.15) is 11.3 Å². The van der Waals surface area contributed by atoms with Gasteiger partial charge >= 0.3 is 6.18 Å². The summed E-state index contributed by atoms with van der Waals surface area (Å²) in [5.74, 6) is -1.05. The van der Waals surface area contributed by atoms with Gasteiger partial charge < -0.3 is 4.42 Å². The topological polar surface area (TPSA) is 36.9 Å². The third kappa shape index (κ3) is 1.66. The van der Waals surface area contributed by atoms with E-state index in [1.165, 1.54) is 18.2 Å². The van der Waals surface area contributed by atoms with E-state index in [-0.39, 0.29) is 11.1 Å². The molecular weight excluding hydrogens is 207 g/mol. The average molecular weight is 211 g/mol. The van der Waals surface area contributed by atoms with Crippen LogP contribution < -0.4 is 0 Å². The van der Waals surface area contributed by atoms with Crippen LogP contribution in [0.2, 0.25) is 0 Å². The maximum absolute atomic E-state index is 12.2. The minimum Gasteiger partial charge on any atom is -0.451 e. The van der Waals surface area contributed by atoms with Crippen LogP contribution in [0.3, 0.4) is 0 Å². The zero-order valence-corrected chi connectivity index (χ0v) is 7.30. The van der Waals surface area contributed by atoms with E-state index < -0.39 is 11.9 Å². The molecule has 0 saturated carbocycles. The minimum atomic E-state index is -4.49. The van der Waals surface area contributed by atoms with Gasteiger partial charge in [-0.1, -0.05) is 0 Å². The molecule has 0 aliphatic heterocycles. The molecule has 0 aliphatic rings. The second kappa shape index (κ2) is 3.02. The third-order valence-electron chi connectivity index (χ3n) is 1.93. The predicted molar refractivity (Wildman–Crippen MR) is 45.9 cm³/mol. The van der Waals surface area contributed by atoms with Crippen molar-refractivity contribution >= 4 is 11.0 Å². The summed E-state index contributed by atoms with van der Waals surface area (Å²) in [6.07, 6.45) is -4.49. The van der Waals surface area contributed by atoms with Crippen molar-refractivity contribution in [1.29, 1.82) is 5.26 Å². The van der Waals surface area contributed by atoms with Gasteiger partial charge in [-0.25, -0.2) is 0 Å². The molecule has 0 atom stereocenters. The van der Waals surface area contributed by atoms with Crippen LogP contribution in [-0.2, 0) is 6.18 Å². The molecule has 0 aliphatic carbocycles. The number of nitriles is 1. The van der Waals surface area contributed by atoms with E-state index in [0.29, 0.717) is 5.39 Å². The van der Waals surface area contributed by atoms with Gasteiger partial charge in [0.15, 0.2) is 0 Å². The van der Waals surface area contributed by atoms with Crippen LogP contribution in [0, 0.1) is 11.3 Å². The lowest BCUT2D eigenvalue weighted by atomic mass is 10.2. The number of benzene rings is 1. The second-order valence-electron chi connectivity index (χ2n) is 2.97. The zero-order valence-electron chi connectivity index (χ0n) is 7.30. The number of rotatable bonds is 0. The first-order chi connectivity index (χ1) is 7.00. The van der Waals surface area contributed by atoms with Crippen molar-refractivity contribution in [3.8, 4) is 6.07 Å². The molecule has 0 bridgehead atoms. The van der Waals surface area contributed by atoms with E-state index in [0.717, 1.165) is 6.07 Å². The summed E-state index contributed by atoms with van der Waals surface area (Å²) < 4.78 is 41.3. The fourth-order valence-electron chi connectivity index (χ4n) is 1.24. The Balaban J connectivity index is 2.62. The lowest BCUT2D eigenvalue weighted by Crippen LogP contribution is -2.01. The van der Waals surface area contributed by atoms with Gasteiger partial charge in [-0.3, -0.25) is 0 Å². The van der Waals surface area contributed by atoms with Crippen LogP contribution in [0.4, 0.5) is 13.2 Å². The molecule has 0 fully saturated rings. The minimum absolute atomic E-state index is 0.0707. The lowest BCUT2D eigenvalue weighted by Gasteiger charge is -1.98. The second-order valence-corrected chi connectivity index (χ2v) is 2.97. The highest BCUT2D eigenvalue weighted by Crippen LogP contribution is 2.33. The van der Waals surface area contributed by atoms with Crippen molar-refractivity contribution in [3.05, 3.63) is 35.6 Å². The van der Waals surface area contributed by atoms with Gasteiger partial charge in [0.05, 0.1) is 11.6 Å². The maximum atomic E-state index is 12.2. The van der Waals surface area contributed by atoms with Crippen molar-refractivity contribution in [2.75, 3.05) is 0 Å². The van der Waals surface area contributed by atoms with Crippen molar-refractivity contribution in [2.24, 2.45) is 0 Å². The monoisotopic (exact) mass is 211 g/mol. The van der Waals surface area contributed by atoms with Gasteiger partial charge in [0.1, 0.15) is 5.58 Å². The van der Waals surface area contributed by atoms with E-state index in [4.69, 9.17) is 5.26 Å². The first kappa shape index (κ1) is 9.59. The summed E-state index contributed by atoms with van der Waals surface area (Å²) in [5.41, 5.74) is 0.340. The SMILES string of the molecule is N#Cc1ccc2cc(C(F)(F)F)oc2c1. The Morgan fingerprint density at radius 2 is 1.93 bits per heavy atom. The zero-order chi connectivity index (χ0) is 11.1. The number of furan rings is 1. The van der Waals surface area contributed by atoms with Crippen molar-refractivity contribution < 1.29 is 17.6 Å². The summed E-state index contributed by atoms with van der Waals surface area (Å²) in [4.78, 5) is 0. The van der Waals surface area contributed by atoms with Crippen molar-refractivity contribution in [3.63, 3.8) is 0 Å². The van der Waals surface area contributed by atoms with Gasteiger partial charge in [-0.2, -0.15) is 18.4 Å². The van der Waals surface area contributed by atoms with Gasteiger partial charge in [-0.05, 0) is 24.3 Å². The molecule has 1 aromatic heterocycles. The molecule has 0 saturated heterocycles. The largest absolute Gasteiger partial charge is 0.451 e.